The largest absolute Gasteiger partial charge is 0.223 e. The van der Waals surface area contributed by atoms with Crippen molar-refractivity contribution in [2.45, 2.75) is 0 Å². The van der Waals surface area contributed by atoms with Crippen molar-refractivity contribution in [2.75, 3.05) is 0 Å². The highest BCUT2D eigenvalue weighted by atomic mass is 35.5. The first-order valence-corrected chi connectivity index (χ1v) is 4.96. The molecule has 0 aliphatic carbocycles. The van der Waals surface area contributed by atoms with Crippen LogP contribution in [-0.2, 0) is 0 Å². The Morgan fingerprint density at radius 2 is 1.59 bits per heavy atom. The molecule has 0 unspecified atom stereocenters. The van der Waals surface area contributed by atoms with Crippen LogP contribution in [0.15, 0.2) is 54.4 Å². The van der Waals surface area contributed by atoms with E-state index in [4.69, 9.17) is 23.9 Å². The van der Waals surface area contributed by atoms with Gasteiger partial charge in [0.25, 0.3) is 0 Å². The standard InChI is InChI=1S/C14H9ClN2/c15-14-16-12-9-5-4-8-11(12)13(17-14)10-6-2-1-3-7-10/h1-9H/i1D,2D,3D,4D,5D,6D,7D,8D,9D. The van der Waals surface area contributed by atoms with Crippen LogP contribution in [0.25, 0.3) is 22.2 Å². The molecule has 3 aromatic rings. The number of rotatable bonds is 1. The number of halogens is 1. The van der Waals surface area contributed by atoms with E-state index in [2.05, 4.69) is 9.97 Å². The Kier molecular flexibility index (Phi) is 1.07. The lowest BCUT2D eigenvalue weighted by atomic mass is 10.1. The maximum Gasteiger partial charge on any atom is 0.223 e. The van der Waals surface area contributed by atoms with Gasteiger partial charge < -0.3 is 0 Å². The van der Waals surface area contributed by atoms with E-state index in [0.717, 1.165) is 0 Å². The Morgan fingerprint density at radius 1 is 0.882 bits per heavy atom. The molecule has 3 heteroatoms. The third-order valence-electron chi connectivity index (χ3n) is 2.05. The number of aromatic nitrogens is 2. The summed E-state index contributed by atoms with van der Waals surface area (Å²) in [7, 11) is 0. The molecule has 0 aliphatic heterocycles. The molecule has 0 spiro atoms. The summed E-state index contributed by atoms with van der Waals surface area (Å²) in [6, 6.07) is -4.91. The van der Waals surface area contributed by atoms with Gasteiger partial charge in [-0.3, -0.25) is 0 Å². The second-order valence-electron chi connectivity index (χ2n) is 3.06. The predicted octanol–water partition coefficient (Wildman–Crippen LogP) is 3.95. The quantitative estimate of drug-likeness (QED) is 0.611. The molecular formula is C14H9ClN2. The highest BCUT2D eigenvalue weighted by Gasteiger charge is 2.07. The van der Waals surface area contributed by atoms with Gasteiger partial charge in [0.1, 0.15) is 0 Å². The fourth-order valence-electron chi connectivity index (χ4n) is 1.38. The third kappa shape index (κ3) is 1.87. The minimum atomic E-state index is -0.593. The van der Waals surface area contributed by atoms with Crippen LogP contribution in [0.1, 0.15) is 12.3 Å². The Balaban J connectivity index is 2.61. The van der Waals surface area contributed by atoms with E-state index in [9.17, 15) is 0 Å². The molecular weight excluding hydrogens is 232 g/mol. The summed E-state index contributed by atoms with van der Waals surface area (Å²) in [5.41, 5.74) is -0.753. The van der Waals surface area contributed by atoms with Crippen molar-refractivity contribution in [1.29, 1.82) is 0 Å². The average molecular weight is 250 g/mol. The van der Waals surface area contributed by atoms with E-state index < -0.39 is 54.4 Å². The van der Waals surface area contributed by atoms with E-state index in [0.29, 0.717) is 0 Å². The second-order valence-corrected chi connectivity index (χ2v) is 3.40. The first-order chi connectivity index (χ1) is 12.1. The predicted molar refractivity (Wildman–Crippen MR) is 70.0 cm³/mol. The molecule has 0 aliphatic rings. The van der Waals surface area contributed by atoms with Gasteiger partial charge in [0.05, 0.1) is 23.5 Å². The van der Waals surface area contributed by atoms with Gasteiger partial charge in [-0.15, -0.1) is 0 Å². The van der Waals surface area contributed by atoms with E-state index in [1.807, 2.05) is 0 Å². The summed E-state index contributed by atoms with van der Waals surface area (Å²) in [6.45, 7) is 0. The number of para-hydroxylation sites is 1. The molecule has 0 fully saturated rings. The Bertz CT molecular complexity index is 1070. The van der Waals surface area contributed by atoms with Crippen molar-refractivity contribution in [3.05, 3.63) is 59.7 Å². The molecule has 0 saturated carbocycles. The molecule has 0 saturated heterocycles. The maximum atomic E-state index is 8.11. The van der Waals surface area contributed by atoms with E-state index in [1.54, 1.807) is 0 Å². The van der Waals surface area contributed by atoms with E-state index in [1.165, 1.54) is 0 Å². The van der Waals surface area contributed by atoms with Crippen LogP contribution in [0.4, 0.5) is 0 Å². The SMILES string of the molecule is [2H]c1c([2H])c([2H])c(-c2nc(Cl)nc3c([2H])c([2H])c([2H])c([2H])c23)c([2H])c1[2H]. The molecule has 17 heavy (non-hydrogen) atoms. The van der Waals surface area contributed by atoms with Gasteiger partial charge >= 0.3 is 0 Å². The third-order valence-corrected chi connectivity index (χ3v) is 2.22. The van der Waals surface area contributed by atoms with Crippen LogP contribution in [0.2, 0.25) is 5.28 Å². The van der Waals surface area contributed by atoms with Crippen molar-refractivity contribution in [1.82, 2.24) is 9.97 Å². The fourth-order valence-corrected chi connectivity index (χ4v) is 1.54. The molecule has 3 rings (SSSR count). The van der Waals surface area contributed by atoms with Gasteiger partial charge in [0.2, 0.25) is 5.28 Å². The van der Waals surface area contributed by atoms with Crippen molar-refractivity contribution >= 4 is 22.5 Å². The van der Waals surface area contributed by atoms with Gasteiger partial charge in [-0.1, -0.05) is 48.3 Å². The average Bonchev–Trinajstić information content (AvgIpc) is 2.61. The minimum Gasteiger partial charge on any atom is -0.218 e. The maximum absolute atomic E-state index is 8.11. The van der Waals surface area contributed by atoms with Crippen LogP contribution in [0, 0.1) is 0 Å². The van der Waals surface area contributed by atoms with Gasteiger partial charge in [-0.25, -0.2) is 9.97 Å². The fraction of sp³-hybridized carbons (Fsp3) is 0. The van der Waals surface area contributed by atoms with Gasteiger partial charge in [-0.2, -0.15) is 0 Å². The molecule has 0 amide bonds. The monoisotopic (exact) mass is 249 g/mol. The van der Waals surface area contributed by atoms with Crippen molar-refractivity contribution < 1.29 is 12.3 Å². The zero-order chi connectivity index (χ0) is 19.5. The molecule has 0 N–H and O–H groups in total. The molecule has 0 atom stereocenters. The van der Waals surface area contributed by atoms with Crippen molar-refractivity contribution in [3.8, 4) is 11.3 Å². The summed E-state index contributed by atoms with van der Waals surface area (Å²) in [5, 5.41) is -0.539. The van der Waals surface area contributed by atoms with E-state index in [-0.39, 0.29) is 27.4 Å². The molecule has 1 heterocycles. The summed E-state index contributed by atoms with van der Waals surface area (Å²) >= 11 is 5.88. The number of hydrogen-bond acceptors (Lipinski definition) is 2. The highest BCUT2D eigenvalue weighted by molar-refractivity contribution is 6.28. The topological polar surface area (TPSA) is 25.8 Å². The van der Waals surface area contributed by atoms with Crippen molar-refractivity contribution in [3.63, 3.8) is 0 Å². The van der Waals surface area contributed by atoms with Crippen LogP contribution in [0.5, 0.6) is 0 Å². The second kappa shape index (κ2) is 4.15. The van der Waals surface area contributed by atoms with Crippen LogP contribution in [-0.4, -0.2) is 9.97 Å². The van der Waals surface area contributed by atoms with Crippen molar-refractivity contribution in [2.24, 2.45) is 0 Å². The van der Waals surface area contributed by atoms with Gasteiger partial charge in [0, 0.05) is 10.9 Å². The Hall–Kier alpha value is -1.93. The van der Waals surface area contributed by atoms with Gasteiger partial charge in [-0.05, 0) is 17.6 Å². The summed E-state index contributed by atoms with van der Waals surface area (Å²) in [6.07, 6.45) is 0. The number of fused-ring (bicyclic) bond motifs is 1. The summed E-state index contributed by atoms with van der Waals surface area (Å²) in [5.74, 6) is 0. The Labute approximate surface area is 117 Å². The van der Waals surface area contributed by atoms with Gasteiger partial charge in [0.15, 0.2) is 0 Å². The first-order valence-electron chi connectivity index (χ1n) is 9.08. The lowest BCUT2D eigenvalue weighted by molar-refractivity contribution is 1.22. The number of hydrogen-bond donors (Lipinski definition) is 0. The molecule has 0 radical (unpaired) electrons. The van der Waals surface area contributed by atoms with E-state index >= 15 is 0 Å². The zero-order valence-corrected chi connectivity index (χ0v) is 9.03. The molecule has 82 valence electrons. The summed E-state index contributed by atoms with van der Waals surface area (Å²) < 4.78 is 71.0. The summed E-state index contributed by atoms with van der Waals surface area (Å²) in [4.78, 5) is 7.75. The highest BCUT2D eigenvalue weighted by Crippen LogP contribution is 2.26. The Morgan fingerprint density at radius 3 is 2.41 bits per heavy atom. The van der Waals surface area contributed by atoms with Crippen LogP contribution in [0.3, 0.4) is 0 Å². The first kappa shape index (κ1) is 4.39. The zero-order valence-electron chi connectivity index (χ0n) is 17.3. The normalized spacial score (nSPS) is 18.1. The minimum absolute atomic E-state index is 0.168. The molecule has 2 nitrogen and oxygen atoms in total. The lowest BCUT2D eigenvalue weighted by Gasteiger charge is -2.05. The number of nitrogens with zero attached hydrogens (tertiary/aromatic N) is 2. The van der Waals surface area contributed by atoms with Crippen LogP contribution >= 0.6 is 11.6 Å². The van der Waals surface area contributed by atoms with Crippen LogP contribution < -0.4 is 0 Å². The molecule has 0 bridgehead atoms. The smallest absolute Gasteiger partial charge is 0.218 e. The number of benzene rings is 2. The lowest BCUT2D eigenvalue weighted by Crippen LogP contribution is -1.90. The molecule has 2 aromatic carbocycles. The molecule has 1 aromatic heterocycles.